The molecule has 1 aromatic heterocycles. The maximum absolute atomic E-state index is 12.5. The molecule has 1 unspecified atom stereocenters. The zero-order valence-corrected chi connectivity index (χ0v) is 19.0. The lowest BCUT2D eigenvalue weighted by Gasteiger charge is -2.38. The Morgan fingerprint density at radius 3 is 2.75 bits per heavy atom. The first kappa shape index (κ1) is 22.1. The third-order valence-electron chi connectivity index (χ3n) is 5.96. The molecular formula is C23H30N4O5. The van der Waals surface area contributed by atoms with E-state index < -0.39 is 11.6 Å². The summed E-state index contributed by atoms with van der Waals surface area (Å²) in [4.78, 5) is 39.4. The number of rotatable bonds is 3. The van der Waals surface area contributed by atoms with Gasteiger partial charge in [-0.15, -0.1) is 0 Å². The Labute approximate surface area is 187 Å². The van der Waals surface area contributed by atoms with E-state index in [2.05, 4.69) is 17.4 Å². The second kappa shape index (κ2) is 8.44. The van der Waals surface area contributed by atoms with Gasteiger partial charge in [-0.25, -0.2) is 9.59 Å². The molecule has 2 aliphatic heterocycles. The number of piperidine rings is 1. The second-order valence-corrected chi connectivity index (χ2v) is 9.71. The minimum Gasteiger partial charge on any atom is -0.444 e. The molecule has 4 amide bonds. The van der Waals surface area contributed by atoms with Crippen LogP contribution in [-0.4, -0.2) is 52.8 Å². The lowest BCUT2D eigenvalue weighted by molar-refractivity contribution is -0.120. The maximum Gasteiger partial charge on any atom is 0.410 e. The molecule has 3 heterocycles. The fourth-order valence-electron chi connectivity index (χ4n) is 4.44. The average molecular weight is 443 g/mol. The van der Waals surface area contributed by atoms with Crippen molar-refractivity contribution in [2.45, 2.75) is 65.0 Å². The molecule has 9 nitrogen and oxygen atoms in total. The van der Waals surface area contributed by atoms with Gasteiger partial charge in [0, 0.05) is 25.6 Å². The number of likely N-dealkylation sites (tertiary alicyclic amines) is 1. The summed E-state index contributed by atoms with van der Waals surface area (Å²) in [5, 5.41) is 7.15. The highest BCUT2D eigenvalue weighted by Crippen LogP contribution is 2.31. The van der Waals surface area contributed by atoms with E-state index in [-0.39, 0.29) is 31.0 Å². The zero-order valence-electron chi connectivity index (χ0n) is 19.0. The van der Waals surface area contributed by atoms with E-state index in [1.54, 1.807) is 0 Å². The number of hydrogen-bond acceptors (Lipinski definition) is 6. The van der Waals surface area contributed by atoms with E-state index in [0.29, 0.717) is 23.9 Å². The normalized spacial score (nSPS) is 22.2. The van der Waals surface area contributed by atoms with Crippen LogP contribution in [0.2, 0.25) is 0 Å². The number of ether oxygens (including phenoxy) is 1. The fourth-order valence-corrected chi connectivity index (χ4v) is 4.44. The topological polar surface area (TPSA) is 105 Å². The molecule has 2 fully saturated rings. The molecule has 1 N–H and O–H groups in total. The third-order valence-corrected chi connectivity index (χ3v) is 5.96. The number of hydrogen-bond donors (Lipinski definition) is 1. The molecule has 2 aliphatic rings. The summed E-state index contributed by atoms with van der Waals surface area (Å²) in [6.45, 7) is 8.64. The van der Waals surface area contributed by atoms with Gasteiger partial charge in [-0.1, -0.05) is 11.2 Å². The predicted octanol–water partition coefficient (Wildman–Crippen LogP) is 3.85. The minimum absolute atomic E-state index is 0.105. The molecule has 9 heteroatoms. The molecular weight excluding hydrogens is 412 g/mol. The lowest BCUT2D eigenvalue weighted by Crippen LogP contribution is -2.49. The number of amides is 4. The number of nitrogens with zero attached hydrogens (tertiary/aromatic N) is 3. The standard InChI is InChI=1S/C23H30N4O5/c1-14-11-16(7-9-26(14)22(30)31-23(2,3)4)12-15-5-6-18-17(13-15)20(25-32-18)27-10-8-19(28)24-21(27)29/h5-6,13-14,16H,7-12H2,1-4H3,(H,24,28,29)/t14-,16?/m0/s1. The van der Waals surface area contributed by atoms with E-state index in [0.717, 1.165) is 30.2 Å². The summed E-state index contributed by atoms with van der Waals surface area (Å²) < 4.78 is 10.9. The van der Waals surface area contributed by atoms with Gasteiger partial charge >= 0.3 is 12.1 Å². The molecule has 0 aliphatic carbocycles. The first-order chi connectivity index (χ1) is 15.1. The highest BCUT2D eigenvalue weighted by molar-refractivity contribution is 6.08. The Morgan fingerprint density at radius 1 is 1.28 bits per heavy atom. The highest BCUT2D eigenvalue weighted by Gasteiger charge is 2.32. The van der Waals surface area contributed by atoms with Crippen molar-refractivity contribution in [1.29, 1.82) is 0 Å². The van der Waals surface area contributed by atoms with Gasteiger partial charge in [0.05, 0.1) is 5.39 Å². The van der Waals surface area contributed by atoms with Crippen LogP contribution in [0.1, 0.15) is 52.5 Å². The molecule has 32 heavy (non-hydrogen) atoms. The van der Waals surface area contributed by atoms with Gasteiger partial charge in [-0.2, -0.15) is 0 Å². The molecule has 0 spiro atoms. The van der Waals surface area contributed by atoms with E-state index in [4.69, 9.17) is 9.26 Å². The van der Waals surface area contributed by atoms with Crippen molar-refractivity contribution in [3.8, 4) is 0 Å². The van der Waals surface area contributed by atoms with Gasteiger partial charge in [-0.3, -0.25) is 15.0 Å². The number of fused-ring (bicyclic) bond motifs is 1. The molecule has 1 aromatic carbocycles. The van der Waals surface area contributed by atoms with Gasteiger partial charge in [0.25, 0.3) is 0 Å². The lowest BCUT2D eigenvalue weighted by atomic mass is 9.86. The van der Waals surface area contributed by atoms with Crippen LogP contribution < -0.4 is 10.2 Å². The fraction of sp³-hybridized carbons (Fsp3) is 0.565. The monoisotopic (exact) mass is 442 g/mol. The predicted molar refractivity (Wildman–Crippen MR) is 118 cm³/mol. The zero-order chi connectivity index (χ0) is 23.0. The van der Waals surface area contributed by atoms with Crippen LogP contribution in [0.15, 0.2) is 22.7 Å². The Kier molecular flexibility index (Phi) is 5.83. The van der Waals surface area contributed by atoms with Crippen LogP contribution in [0.4, 0.5) is 15.4 Å². The number of benzene rings is 1. The van der Waals surface area contributed by atoms with E-state index >= 15 is 0 Å². The van der Waals surface area contributed by atoms with Crippen molar-refractivity contribution in [3.63, 3.8) is 0 Å². The van der Waals surface area contributed by atoms with E-state index in [1.807, 2.05) is 43.9 Å². The van der Waals surface area contributed by atoms with Gasteiger partial charge < -0.3 is 14.2 Å². The van der Waals surface area contributed by atoms with Crippen LogP contribution in [0.3, 0.4) is 0 Å². The van der Waals surface area contributed by atoms with Crippen LogP contribution in [0.25, 0.3) is 11.0 Å². The van der Waals surface area contributed by atoms with Crippen molar-refractivity contribution in [3.05, 3.63) is 23.8 Å². The molecule has 2 aromatic rings. The Hall–Kier alpha value is -3.10. The number of nitrogens with one attached hydrogen (secondary N) is 1. The summed E-state index contributed by atoms with van der Waals surface area (Å²) in [5.41, 5.74) is 1.22. The molecule has 2 saturated heterocycles. The molecule has 4 rings (SSSR count). The number of imide groups is 1. The molecule has 2 atom stereocenters. The van der Waals surface area contributed by atoms with Crippen molar-refractivity contribution < 1.29 is 23.6 Å². The van der Waals surface area contributed by atoms with E-state index in [1.165, 1.54) is 4.90 Å². The SMILES string of the molecule is C[C@H]1CC(Cc2ccc3onc(N4CCC(=O)NC4=O)c3c2)CCN1C(=O)OC(C)(C)C. The van der Waals surface area contributed by atoms with Gasteiger partial charge in [-0.05, 0) is 70.6 Å². The van der Waals surface area contributed by atoms with Gasteiger partial charge in [0.15, 0.2) is 11.4 Å². The average Bonchev–Trinajstić information content (AvgIpc) is 3.10. The number of anilines is 1. The summed E-state index contributed by atoms with van der Waals surface area (Å²) >= 11 is 0. The van der Waals surface area contributed by atoms with Crippen molar-refractivity contribution >= 4 is 34.8 Å². The Balaban J connectivity index is 1.44. The first-order valence-corrected chi connectivity index (χ1v) is 11.1. The second-order valence-electron chi connectivity index (χ2n) is 9.71. The Morgan fingerprint density at radius 2 is 2.06 bits per heavy atom. The molecule has 0 radical (unpaired) electrons. The quantitative estimate of drug-likeness (QED) is 0.774. The van der Waals surface area contributed by atoms with Crippen molar-refractivity contribution in [1.82, 2.24) is 15.4 Å². The highest BCUT2D eigenvalue weighted by atomic mass is 16.6. The van der Waals surface area contributed by atoms with Crippen molar-refractivity contribution in [2.24, 2.45) is 5.92 Å². The van der Waals surface area contributed by atoms with Gasteiger partial charge in [0.1, 0.15) is 5.60 Å². The largest absolute Gasteiger partial charge is 0.444 e. The number of carbonyl (C=O) groups is 3. The summed E-state index contributed by atoms with van der Waals surface area (Å²) in [6, 6.07) is 5.52. The number of carbonyl (C=O) groups excluding carboxylic acids is 3. The summed E-state index contributed by atoms with van der Waals surface area (Å²) in [7, 11) is 0. The molecule has 0 bridgehead atoms. The van der Waals surface area contributed by atoms with Crippen LogP contribution in [0.5, 0.6) is 0 Å². The van der Waals surface area contributed by atoms with Crippen LogP contribution in [0, 0.1) is 5.92 Å². The Bertz CT molecular complexity index is 1040. The molecule has 172 valence electrons. The molecule has 0 saturated carbocycles. The van der Waals surface area contributed by atoms with Crippen LogP contribution >= 0.6 is 0 Å². The van der Waals surface area contributed by atoms with Crippen LogP contribution in [-0.2, 0) is 16.0 Å². The summed E-state index contributed by atoms with van der Waals surface area (Å²) in [6.07, 6.45) is 2.63. The minimum atomic E-state index is -0.502. The third kappa shape index (κ3) is 4.71. The number of aromatic nitrogens is 1. The maximum atomic E-state index is 12.5. The first-order valence-electron chi connectivity index (χ1n) is 11.1. The smallest absolute Gasteiger partial charge is 0.410 e. The van der Waals surface area contributed by atoms with E-state index in [9.17, 15) is 14.4 Å². The summed E-state index contributed by atoms with van der Waals surface area (Å²) in [5.74, 6) is 0.576. The van der Waals surface area contributed by atoms with Crippen molar-refractivity contribution in [2.75, 3.05) is 18.0 Å². The van der Waals surface area contributed by atoms with Gasteiger partial charge in [0.2, 0.25) is 5.91 Å². The number of urea groups is 1.